The molecule has 6 heterocycles. The van der Waals surface area contributed by atoms with Crippen molar-refractivity contribution in [2.24, 2.45) is 5.92 Å². The van der Waals surface area contributed by atoms with Crippen molar-refractivity contribution in [2.75, 3.05) is 39.3 Å². The molecular formula is C42H49N9O6S2. The Balaban J connectivity index is 0.000000179. The monoisotopic (exact) mass is 839 g/mol. The number of sulfone groups is 2. The average Bonchev–Trinajstić information content (AvgIpc) is 3.77. The predicted octanol–water partition coefficient (Wildman–Crippen LogP) is 5.23. The highest BCUT2D eigenvalue weighted by Crippen LogP contribution is 2.28. The van der Waals surface area contributed by atoms with Crippen molar-refractivity contribution in [1.82, 2.24) is 45.4 Å². The van der Waals surface area contributed by atoms with E-state index in [1.54, 1.807) is 106 Å². The maximum absolute atomic E-state index is 13.1. The zero-order valence-electron chi connectivity index (χ0n) is 33.5. The Kier molecular flexibility index (Phi) is 12.4. The van der Waals surface area contributed by atoms with Crippen LogP contribution in [0.5, 0.6) is 0 Å². The molecule has 2 aliphatic heterocycles. The molecule has 8 rings (SSSR count). The van der Waals surface area contributed by atoms with Crippen molar-refractivity contribution in [3.63, 3.8) is 0 Å². The number of aromatic amines is 2. The summed E-state index contributed by atoms with van der Waals surface area (Å²) < 4.78 is 49.3. The molecule has 2 aromatic carbocycles. The molecule has 0 aliphatic carbocycles. The van der Waals surface area contributed by atoms with Gasteiger partial charge in [0, 0.05) is 55.6 Å². The number of fused-ring (bicyclic) bond motifs is 2. The van der Waals surface area contributed by atoms with Gasteiger partial charge in [-0.3, -0.25) is 9.59 Å². The second-order valence-corrected chi connectivity index (χ2v) is 20.3. The first-order valence-corrected chi connectivity index (χ1v) is 23.0. The highest BCUT2D eigenvalue weighted by Gasteiger charge is 2.26. The Labute approximate surface area is 343 Å². The highest BCUT2D eigenvalue weighted by atomic mass is 32.2. The van der Waals surface area contributed by atoms with E-state index in [2.05, 4.69) is 35.6 Å². The van der Waals surface area contributed by atoms with Gasteiger partial charge in [-0.25, -0.2) is 36.8 Å². The molecule has 0 saturated carbocycles. The predicted molar refractivity (Wildman–Crippen MR) is 227 cm³/mol. The van der Waals surface area contributed by atoms with E-state index >= 15 is 0 Å². The Morgan fingerprint density at radius 1 is 0.644 bits per heavy atom. The summed E-state index contributed by atoms with van der Waals surface area (Å²) in [6.07, 6.45) is 9.28. The molecule has 1 unspecified atom stereocenters. The van der Waals surface area contributed by atoms with Crippen molar-refractivity contribution >= 4 is 53.7 Å². The Bertz CT molecular complexity index is 2680. The fourth-order valence-electron chi connectivity index (χ4n) is 7.13. The number of rotatable bonds is 9. The number of Topliss-reactive ketones (excluding diaryl/α,β-unsaturated/α-hetero) is 1. The lowest BCUT2D eigenvalue weighted by atomic mass is 9.92. The quantitative estimate of drug-likeness (QED) is 0.138. The SMILES string of the molecule is CC(C)S(=O)(=O)c1ccc(-c2cnc3[nH]cc(C(=O)C4CCCNCC4)c3n2)cc1.CC(C)S(=O)(=O)c1ccc(-c2cnc3[nH]cc(C(=O)N4CCNCC4)c3n2)cc1. The highest BCUT2D eigenvalue weighted by molar-refractivity contribution is 7.92. The third kappa shape index (κ3) is 8.83. The summed E-state index contributed by atoms with van der Waals surface area (Å²) >= 11 is 0. The van der Waals surface area contributed by atoms with Crippen molar-refractivity contribution in [3.8, 4) is 22.5 Å². The molecule has 17 heteroatoms. The van der Waals surface area contributed by atoms with E-state index < -0.39 is 30.2 Å². The van der Waals surface area contributed by atoms with Gasteiger partial charge in [-0.2, -0.15) is 0 Å². The van der Waals surface area contributed by atoms with E-state index in [4.69, 9.17) is 4.98 Å². The van der Waals surface area contributed by atoms with Gasteiger partial charge in [-0.05, 0) is 84.3 Å². The van der Waals surface area contributed by atoms with Crippen molar-refractivity contribution in [2.45, 2.75) is 67.2 Å². The molecule has 4 aromatic heterocycles. The van der Waals surface area contributed by atoms with E-state index in [1.807, 2.05) is 0 Å². The second kappa shape index (κ2) is 17.5. The third-order valence-corrected chi connectivity index (χ3v) is 15.1. The molecule has 310 valence electrons. The first-order valence-electron chi connectivity index (χ1n) is 19.9. The molecule has 59 heavy (non-hydrogen) atoms. The largest absolute Gasteiger partial charge is 0.344 e. The first kappa shape index (κ1) is 41.8. The summed E-state index contributed by atoms with van der Waals surface area (Å²) in [7, 11) is -6.65. The number of nitrogens with zero attached hydrogens (tertiary/aromatic N) is 5. The summed E-state index contributed by atoms with van der Waals surface area (Å²) in [5.74, 6) is 0.0299. The van der Waals surface area contributed by atoms with Crippen LogP contribution in [0.4, 0.5) is 0 Å². The molecule has 1 amide bonds. The van der Waals surface area contributed by atoms with Crippen LogP contribution in [-0.4, -0.2) is 113 Å². The van der Waals surface area contributed by atoms with Gasteiger partial charge >= 0.3 is 0 Å². The van der Waals surface area contributed by atoms with Gasteiger partial charge in [-0.1, -0.05) is 24.3 Å². The molecule has 6 aromatic rings. The lowest BCUT2D eigenvalue weighted by Crippen LogP contribution is -2.46. The summed E-state index contributed by atoms with van der Waals surface area (Å²) in [4.78, 5) is 52.6. The van der Waals surface area contributed by atoms with Gasteiger partial charge in [0.25, 0.3) is 5.91 Å². The number of ketones is 1. The number of carbonyl (C=O) groups excluding carboxylic acids is 2. The number of benzene rings is 2. The van der Waals surface area contributed by atoms with Crippen LogP contribution in [0.15, 0.2) is 83.1 Å². The number of nitrogens with one attached hydrogen (secondary N) is 4. The molecule has 0 bridgehead atoms. The van der Waals surface area contributed by atoms with Gasteiger partial charge in [0.2, 0.25) is 0 Å². The number of carbonyl (C=O) groups is 2. The van der Waals surface area contributed by atoms with Crippen molar-refractivity contribution < 1.29 is 26.4 Å². The van der Waals surface area contributed by atoms with Gasteiger partial charge in [0.05, 0.1) is 55.2 Å². The van der Waals surface area contributed by atoms with Crippen LogP contribution in [-0.2, 0) is 19.7 Å². The molecule has 1 atom stereocenters. The summed E-state index contributed by atoms with van der Waals surface area (Å²) in [5.41, 5.74) is 5.96. The Morgan fingerprint density at radius 2 is 1.12 bits per heavy atom. The molecule has 0 spiro atoms. The normalized spacial score (nSPS) is 16.6. The third-order valence-electron chi connectivity index (χ3n) is 10.8. The minimum Gasteiger partial charge on any atom is -0.344 e. The van der Waals surface area contributed by atoms with E-state index in [0.29, 0.717) is 57.9 Å². The maximum Gasteiger partial charge on any atom is 0.257 e. The fourth-order valence-corrected chi connectivity index (χ4v) is 9.25. The van der Waals surface area contributed by atoms with Gasteiger partial charge in [0.1, 0.15) is 11.0 Å². The zero-order chi connectivity index (χ0) is 41.9. The van der Waals surface area contributed by atoms with Crippen LogP contribution < -0.4 is 10.6 Å². The molecule has 0 radical (unpaired) electrons. The van der Waals surface area contributed by atoms with Crippen LogP contribution in [0.3, 0.4) is 0 Å². The van der Waals surface area contributed by atoms with Crippen LogP contribution >= 0.6 is 0 Å². The Morgan fingerprint density at radius 3 is 1.63 bits per heavy atom. The van der Waals surface area contributed by atoms with Crippen LogP contribution in [0.1, 0.15) is 67.7 Å². The molecule has 2 fully saturated rings. The zero-order valence-corrected chi connectivity index (χ0v) is 35.2. The molecular weight excluding hydrogens is 791 g/mol. The maximum atomic E-state index is 13.1. The lowest BCUT2D eigenvalue weighted by Gasteiger charge is -2.27. The van der Waals surface area contributed by atoms with Crippen LogP contribution in [0.25, 0.3) is 44.8 Å². The number of H-pyrrole nitrogens is 2. The number of amides is 1. The van der Waals surface area contributed by atoms with E-state index in [-0.39, 0.29) is 27.4 Å². The first-order chi connectivity index (χ1) is 28.3. The lowest BCUT2D eigenvalue weighted by molar-refractivity contribution is 0.0737. The second-order valence-electron chi connectivity index (χ2n) is 15.3. The van der Waals surface area contributed by atoms with Gasteiger partial charge < -0.3 is 25.5 Å². The number of piperazine rings is 1. The standard InChI is InChI=1S/C22H26N4O3S.C20H23N5O3S/c1-14(2)30(28,29)17-7-5-15(6-8-17)19-13-25-22-20(26-19)18(12-24-22)21(27)16-4-3-10-23-11-9-16;1-13(2)29(27,28)15-5-3-14(4-6-15)17-12-23-19-18(24-17)16(11-22-19)20(26)25-9-7-21-8-10-25/h5-8,12-14,16,23H,3-4,9-11H2,1-2H3,(H,24,25);3-6,11-13,21H,7-10H2,1-2H3,(H,22,23). The summed E-state index contributed by atoms with van der Waals surface area (Å²) in [6.45, 7) is 11.3. The number of aromatic nitrogens is 6. The molecule has 4 N–H and O–H groups in total. The topological polar surface area (TPSA) is 213 Å². The van der Waals surface area contributed by atoms with E-state index in [0.717, 1.165) is 56.6 Å². The molecule has 2 aliphatic rings. The molecule has 2 saturated heterocycles. The fraction of sp³-hybridized carbons (Fsp3) is 0.381. The van der Waals surface area contributed by atoms with Gasteiger partial charge in [0.15, 0.2) is 36.8 Å². The smallest absolute Gasteiger partial charge is 0.257 e. The van der Waals surface area contributed by atoms with Crippen molar-refractivity contribution in [1.29, 1.82) is 0 Å². The minimum absolute atomic E-state index is 0.00928. The Hall–Kier alpha value is -5.36. The van der Waals surface area contributed by atoms with E-state index in [9.17, 15) is 26.4 Å². The summed E-state index contributed by atoms with van der Waals surface area (Å²) in [6, 6.07) is 13.3. The molecule has 15 nitrogen and oxygen atoms in total. The van der Waals surface area contributed by atoms with Crippen LogP contribution in [0, 0.1) is 5.92 Å². The minimum atomic E-state index is -3.33. The number of hydrogen-bond donors (Lipinski definition) is 4. The number of hydrogen-bond acceptors (Lipinski definition) is 12. The van der Waals surface area contributed by atoms with E-state index in [1.165, 1.54) is 0 Å². The van der Waals surface area contributed by atoms with Crippen LogP contribution in [0.2, 0.25) is 0 Å². The van der Waals surface area contributed by atoms with Crippen molar-refractivity contribution in [3.05, 3.63) is 84.4 Å². The summed E-state index contributed by atoms with van der Waals surface area (Å²) in [5, 5.41) is 5.61. The van der Waals surface area contributed by atoms with Gasteiger partial charge in [-0.15, -0.1) is 0 Å². The average molecular weight is 840 g/mol.